The minimum absolute atomic E-state index is 0.111. The smallest absolute Gasteiger partial charge is 0.253 e. The van der Waals surface area contributed by atoms with Gasteiger partial charge in [0.1, 0.15) is 11.8 Å². The highest BCUT2D eigenvalue weighted by atomic mass is 16.5. The number of rotatable bonds is 8. The van der Waals surface area contributed by atoms with Crippen molar-refractivity contribution in [1.29, 1.82) is 0 Å². The monoisotopic (exact) mass is 549 g/mol. The summed E-state index contributed by atoms with van der Waals surface area (Å²) in [6, 6.07) is 24.3. The van der Waals surface area contributed by atoms with E-state index in [1.54, 1.807) is 7.11 Å². The third kappa shape index (κ3) is 5.77. The molecular weight excluding hydrogens is 514 g/mol. The average Bonchev–Trinajstić information content (AvgIpc) is 3.43. The van der Waals surface area contributed by atoms with Gasteiger partial charge < -0.3 is 9.72 Å². The fraction of sp³-hybridized carbons (Fsp3) is 0.312. The predicted octanol–water partition coefficient (Wildman–Crippen LogP) is 4.10. The van der Waals surface area contributed by atoms with Crippen LogP contribution in [-0.2, 0) is 13.1 Å². The van der Waals surface area contributed by atoms with E-state index < -0.39 is 6.04 Å². The van der Waals surface area contributed by atoms with Gasteiger partial charge in [0.25, 0.3) is 5.56 Å². The summed E-state index contributed by atoms with van der Waals surface area (Å²) in [5.74, 6) is 1.46. The molecule has 0 amide bonds. The molecule has 1 atom stereocenters. The maximum atomic E-state index is 13.7. The number of tetrazole rings is 1. The third-order valence-electron chi connectivity index (χ3n) is 7.93. The van der Waals surface area contributed by atoms with Crippen LogP contribution in [0, 0.1) is 13.8 Å². The third-order valence-corrected chi connectivity index (χ3v) is 7.93. The Bertz CT molecular complexity index is 1690. The first-order chi connectivity index (χ1) is 20.0. The van der Waals surface area contributed by atoms with E-state index in [1.165, 1.54) is 5.56 Å². The SMILES string of the molecule is COc1ccc(Cn2nnnc2[C@H](c2cc3cc(C)cc(C)c3[nH]c2=O)N2CCN(Cc3ccccc3)CC2)cc1. The van der Waals surface area contributed by atoms with Crippen LogP contribution in [0.15, 0.2) is 77.6 Å². The molecule has 41 heavy (non-hydrogen) atoms. The summed E-state index contributed by atoms with van der Waals surface area (Å²) in [5, 5.41) is 14.0. The Hall–Kier alpha value is -4.34. The number of hydrogen-bond acceptors (Lipinski definition) is 7. The van der Waals surface area contributed by atoms with Gasteiger partial charge in [-0.05, 0) is 70.6 Å². The molecule has 0 aliphatic carbocycles. The number of benzene rings is 3. The topological polar surface area (TPSA) is 92.2 Å². The second kappa shape index (κ2) is 11.6. The molecule has 6 rings (SSSR count). The quantitative estimate of drug-likeness (QED) is 0.312. The number of ether oxygens (including phenoxy) is 1. The fourth-order valence-electron chi connectivity index (χ4n) is 5.85. The molecule has 1 aliphatic rings. The van der Waals surface area contributed by atoms with Gasteiger partial charge in [-0.15, -0.1) is 5.10 Å². The Kier molecular flexibility index (Phi) is 7.63. The summed E-state index contributed by atoms with van der Waals surface area (Å²) in [6.07, 6.45) is 0. The van der Waals surface area contributed by atoms with E-state index in [0.29, 0.717) is 17.9 Å². The highest BCUT2D eigenvalue weighted by Crippen LogP contribution is 2.29. The first-order valence-corrected chi connectivity index (χ1v) is 14.0. The van der Waals surface area contributed by atoms with E-state index in [1.807, 2.05) is 48.0 Å². The van der Waals surface area contributed by atoms with Crippen LogP contribution >= 0.6 is 0 Å². The van der Waals surface area contributed by atoms with Crippen LogP contribution in [0.1, 0.15) is 39.7 Å². The summed E-state index contributed by atoms with van der Waals surface area (Å²) in [4.78, 5) is 21.7. The molecule has 3 heterocycles. The number of methoxy groups -OCH3 is 1. The molecule has 0 unspecified atom stereocenters. The predicted molar refractivity (Wildman–Crippen MR) is 159 cm³/mol. The van der Waals surface area contributed by atoms with E-state index in [-0.39, 0.29) is 5.56 Å². The van der Waals surface area contributed by atoms with E-state index in [9.17, 15) is 4.79 Å². The van der Waals surface area contributed by atoms with E-state index in [4.69, 9.17) is 4.74 Å². The summed E-state index contributed by atoms with van der Waals surface area (Å²) < 4.78 is 7.13. The molecule has 3 aromatic carbocycles. The molecule has 0 spiro atoms. The Morgan fingerprint density at radius 2 is 1.63 bits per heavy atom. The zero-order valence-corrected chi connectivity index (χ0v) is 23.7. The summed E-state index contributed by atoms with van der Waals surface area (Å²) >= 11 is 0. The Labute approximate surface area is 239 Å². The number of aromatic nitrogens is 5. The molecule has 210 valence electrons. The molecule has 9 heteroatoms. The van der Waals surface area contributed by atoms with Crippen LogP contribution in [0.5, 0.6) is 5.75 Å². The summed E-state index contributed by atoms with van der Waals surface area (Å²) in [7, 11) is 1.66. The van der Waals surface area contributed by atoms with Crippen LogP contribution in [0.25, 0.3) is 10.9 Å². The van der Waals surface area contributed by atoms with Crippen LogP contribution in [-0.4, -0.2) is 68.3 Å². The van der Waals surface area contributed by atoms with Crippen molar-refractivity contribution in [1.82, 2.24) is 35.0 Å². The first kappa shape index (κ1) is 26.9. The largest absolute Gasteiger partial charge is 0.497 e. The normalized spacial score (nSPS) is 15.3. The lowest BCUT2D eigenvalue weighted by atomic mass is 10.00. The Morgan fingerprint density at radius 3 is 2.37 bits per heavy atom. The second-order valence-corrected chi connectivity index (χ2v) is 10.8. The van der Waals surface area contributed by atoms with Crippen molar-refractivity contribution in [3.05, 3.63) is 117 Å². The Morgan fingerprint density at radius 1 is 0.902 bits per heavy atom. The van der Waals surface area contributed by atoms with Crippen molar-refractivity contribution in [2.75, 3.05) is 33.3 Å². The van der Waals surface area contributed by atoms with Gasteiger partial charge in [-0.2, -0.15) is 0 Å². The number of piperazine rings is 1. The lowest BCUT2D eigenvalue weighted by Gasteiger charge is -2.38. The molecule has 0 radical (unpaired) electrons. The van der Waals surface area contributed by atoms with Crippen LogP contribution in [0.4, 0.5) is 0 Å². The van der Waals surface area contributed by atoms with Gasteiger partial charge in [0.2, 0.25) is 0 Å². The number of hydrogen-bond donors (Lipinski definition) is 1. The summed E-state index contributed by atoms with van der Waals surface area (Å²) in [5.41, 5.74) is 5.98. The number of pyridine rings is 1. The van der Waals surface area contributed by atoms with E-state index in [2.05, 4.69) is 73.6 Å². The number of nitrogens with zero attached hydrogens (tertiary/aromatic N) is 6. The second-order valence-electron chi connectivity index (χ2n) is 10.8. The maximum absolute atomic E-state index is 13.7. The molecule has 0 saturated carbocycles. The number of fused-ring (bicyclic) bond motifs is 1. The first-order valence-electron chi connectivity index (χ1n) is 14.0. The molecule has 1 aliphatic heterocycles. The molecular formula is C32H35N7O2. The van der Waals surface area contributed by atoms with Gasteiger partial charge in [-0.3, -0.25) is 14.6 Å². The van der Waals surface area contributed by atoms with Gasteiger partial charge in [-0.1, -0.05) is 54.1 Å². The van der Waals surface area contributed by atoms with Crippen LogP contribution in [0.3, 0.4) is 0 Å². The number of H-pyrrole nitrogens is 1. The van der Waals surface area contributed by atoms with Crippen LogP contribution in [0.2, 0.25) is 0 Å². The molecule has 1 fully saturated rings. The average molecular weight is 550 g/mol. The fourth-order valence-corrected chi connectivity index (χ4v) is 5.85. The lowest BCUT2D eigenvalue weighted by Crippen LogP contribution is -2.48. The molecule has 2 aromatic heterocycles. The molecule has 1 N–H and O–H groups in total. The molecule has 9 nitrogen and oxygen atoms in total. The Balaban J connectivity index is 1.36. The van der Waals surface area contributed by atoms with Gasteiger partial charge in [0.05, 0.1) is 19.2 Å². The molecule has 1 saturated heterocycles. The minimum atomic E-state index is -0.393. The van der Waals surface area contributed by atoms with Gasteiger partial charge in [0.15, 0.2) is 5.82 Å². The minimum Gasteiger partial charge on any atom is -0.497 e. The molecule has 0 bridgehead atoms. The van der Waals surface area contributed by atoms with Crippen molar-refractivity contribution >= 4 is 10.9 Å². The van der Waals surface area contributed by atoms with E-state index in [0.717, 1.165) is 66.1 Å². The van der Waals surface area contributed by atoms with Crippen molar-refractivity contribution in [2.24, 2.45) is 0 Å². The van der Waals surface area contributed by atoms with Gasteiger partial charge in [-0.25, -0.2) is 4.68 Å². The van der Waals surface area contributed by atoms with Crippen molar-refractivity contribution in [2.45, 2.75) is 33.0 Å². The lowest BCUT2D eigenvalue weighted by molar-refractivity contribution is 0.0998. The zero-order valence-electron chi connectivity index (χ0n) is 23.7. The van der Waals surface area contributed by atoms with E-state index >= 15 is 0 Å². The standard InChI is InChI=1S/C32H35N7O2/c1-22-17-23(2)29-26(18-22)19-28(32(40)33-29)30(38-15-13-37(14-16-38)20-24-7-5-4-6-8-24)31-34-35-36-39(31)21-25-9-11-27(41-3)12-10-25/h4-12,17-19,30H,13-16,20-21H2,1-3H3,(H,33,40)/t30-/m0/s1. The van der Waals surface area contributed by atoms with Crippen LogP contribution < -0.4 is 10.3 Å². The van der Waals surface area contributed by atoms with Crippen molar-refractivity contribution in [3.8, 4) is 5.75 Å². The number of nitrogens with one attached hydrogen (secondary N) is 1. The van der Waals surface area contributed by atoms with Gasteiger partial charge >= 0.3 is 0 Å². The molecule has 5 aromatic rings. The number of aryl methyl sites for hydroxylation is 2. The van der Waals surface area contributed by atoms with Crippen molar-refractivity contribution < 1.29 is 4.74 Å². The summed E-state index contributed by atoms with van der Waals surface area (Å²) in [6.45, 7) is 8.85. The number of aromatic amines is 1. The zero-order chi connectivity index (χ0) is 28.3. The highest BCUT2D eigenvalue weighted by molar-refractivity contribution is 5.83. The maximum Gasteiger partial charge on any atom is 0.253 e. The highest BCUT2D eigenvalue weighted by Gasteiger charge is 2.33. The van der Waals surface area contributed by atoms with Gasteiger partial charge in [0, 0.05) is 38.3 Å². The van der Waals surface area contributed by atoms with Crippen molar-refractivity contribution in [3.63, 3.8) is 0 Å².